The Morgan fingerprint density at radius 3 is 1.24 bits per heavy atom. The van der Waals surface area contributed by atoms with Crippen molar-refractivity contribution in [3.63, 3.8) is 0 Å². The number of ether oxygens (including phenoxy) is 2. The van der Waals surface area contributed by atoms with Crippen LogP contribution >= 0.6 is 23.5 Å². The number of rotatable bonds is 10. The Hall–Kier alpha value is -1.30. The van der Waals surface area contributed by atoms with Gasteiger partial charge in [-0.3, -0.25) is 0 Å². The van der Waals surface area contributed by atoms with Gasteiger partial charge >= 0.3 is 0 Å². The van der Waals surface area contributed by atoms with Crippen molar-refractivity contribution in [3.05, 3.63) is 46.5 Å². The van der Waals surface area contributed by atoms with E-state index in [-0.39, 0.29) is 25.7 Å². The maximum absolute atomic E-state index is 11.2. The van der Waals surface area contributed by atoms with E-state index in [9.17, 15) is 5.11 Å². The van der Waals surface area contributed by atoms with Gasteiger partial charge in [-0.15, -0.1) is 23.5 Å². The highest BCUT2D eigenvalue weighted by Gasteiger charge is 2.32. The molecule has 0 unspecified atom stereocenters. The van der Waals surface area contributed by atoms with Crippen molar-refractivity contribution in [1.29, 1.82) is 0 Å². The third-order valence-corrected chi connectivity index (χ3v) is 9.52. The minimum absolute atomic E-state index is 0.0596. The van der Waals surface area contributed by atoms with Gasteiger partial charge in [0.1, 0.15) is 11.5 Å². The fourth-order valence-corrected chi connectivity index (χ4v) is 7.44. The highest BCUT2D eigenvalue weighted by molar-refractivity contribution is 8.18. The van der Waals surface area contributed by atoms with Gasteiger partial charge in [0, 0.05) is 45.8 Å². The summed E-state index contributed by atoms with van der Waals surface area (Å²) in [7, 11) is 1.75. The number of hydrogen-bond donors (Lipinski definition) is 1. The van der Waals surface area contributed by atoms with Crippen molar-refractivity contribution in [2.75, 3.05) is 20.3 Å². The fraction of sp³-hybridized carbons (Fsp3) is 0.667. The Bertz CT molecular complexity index is 1100. The summed E-state index contributed by atoms with van der Waals surface area (Å²) in [6.45, 7) is 32.8. The Morgan fingerprint density at radius 2 is 0.902 bits per heavy atom. The maximum atomic E-state index is 11.2. The number of benzene rings is 2. The van der Waals surface area contributed by atoms with E-state index in [4.69, 9.17) is 9.47 Å². The summed E-state index contributed by atoms with van der Waals surface area (Å²) in [6, 6.07) is 9.09. The molecule has 0 aliphatic carbocycles. The van der Waals surface area contributed by atoms with E-state index in [2.05, 4.69) is 121 Å². The van der Waals surface area contributed by atoms with Crippen molar-refractivity contribution in [1.82, 2.24) is 0 Å². The molecule has 0 radical (unpaired) electrons. The lowest BCUT2D eigenvalue weighted by atomic mass is 9.79. The van der Waals surface area contributed by atoms with Crippen LogP contribution in [0.3, 0.4) is 0 Å². The molecule has 0 heterocycles. The van der Waals surface area contributed by atoms with Crippen LogP contribution in [0, 0.1) is 0 Å². The number of methoxy groups -OCH3 is 1. The molecular weight excluding hydrogens is 545 g/mol. The molecule has 0 saturated heterocycles. The van der Waals surface area contributed by atoms with Crippen LogP contribution in [0.4, 0.5) is 0 Å². The molecule has 2 rings (SSSR count). The van der Waals surface area contributed by atoms with Crippen LogP contribution < -0.4 is 4.74 Å². The summed E-state index contributed by atoms with van der Waals surface area (Å²) in [4.78, 5) is 2.45. The number of phenolic OH excluding ortho intramolecular Hbond substituents is 1. The summed E-state index contributed by atoms with van der Waals surface area (Å²) in [5.74, 6) is 1.47. The zero-order valence-corrected chi connectivity index (χ0v) is 30.4. The molecule has 2 aromatic rings. The molecule has 0 fully saturated rings. The SMILES string of the molecule is COCCCCOc1c(C(C)(C)C)cc(SC(C)(C)Sc2cc(C(C)(C)C)c(O)c(C(C)(C)C)c2)cc1C(C)(C)C. The number of hydrogen-bond acceptors (Lipinski definition) is 5. The van der Waals surface area contributed by atoms with E-state index < -0.39 is 0 Å². The van der Waals surface area contributed by atoms with E-state index in [0.717, 1.165) is 36.3 Å². The van der Waals surface area contributed by atoms with Gasteiger partial charge in [0.15, 0.2) is 0 Å². The standard InChI is InChI=1S/C36H58O3S2/c1-32(2,3)26-20-24(21-27(30(26)37)33(4,5)6)40-36(13,14)41-25-22-28(34(7,8)9)31(29(23-25)35(10,11)12)39-19-17-16-18-38-15/h20-23,37H,16-19H2,1-15H3. The number of unbranched alkanes of at least 4 members (excludes halogenated alkanes) is 1. The van der Waals surface area contributed by atoms with Crippen LogP contribution in [0.1, 0.15) is 132 Å². The first-order valence-corrected chi connectivity index (χ1v) is 16.7. The quantitative estimate of drug-likeness (QED) is 0.166. The van der Waals surface area contributed by atoms with Gasteiger partial charge in [-0.05, 0) is 72.6 Å². The van der Waals surface area contributed by atoms with E-state index in [0.29, 0.717) is 12.4 Å². The van der Waals surface area contributed by atoms with E-state index in [1.807, 2.05) is 23.5 Å². The topological polar surface area (TPSA) is 38.7 Å². The Morgan fingerprint density at radius 1 is 0.561 bits per heavy atom. The van der Waals surface area contributed by atoms with E-state index in [1.54, 1.807) is 7.11 Å². The molecule has 0 spiro atoms. The first kappa shape index (κ1) is 35.9. The van der Waals surface area contributed by atoms with Gasteiger partial charge < -0.3 is 14.6 Å². The number of aromatic hydroxyl groups is 1. The van der Waals surface area contributed by atoms with Crippen molar-refractivity contribution < 1.29 is 14.6 Å². The Balaban J connectivity index is 2.54. The van der Waals surface area contributed by atoms with Gasteiger partial charge in [0.2, 0.25) is 0 Å². The molecule has 232 valence electrons. The molecule has 41 heavy (non-hydrogen) atoms. The zero-order chi connectivity index (χ0) is 31.6. The fourth-order valence-electron chi connectivity index (χ4n) is 4.85. The lowest BCUT2D eigenvalue weighted by molar-refractivity contribution is 0.183. The third kappa shape index (κ3) is 10.1. The van der Waals surface area contributed by atoms with Gasteiger partial charge in [0.25, 0.3) is 0 Å². The van der Waals surface area contributed by atoms with Crippen LogP contribution in [0.2, 0.25) is 0 Å². The molecule has 1 N–H and O–H groups in total. The maximum Gasteiger partial charge on any atom is 0.126 e. The van der Waals surface area contributed by atoms with Crippen molar-refractivity contribution >= 4 is 23.5 Å². The van der Waals surface area contributed by atoms with Crippen LogP contribution in [-0.4, -0.2) is 29.5 Å². The van der Waals surface area contributed by atoms with Crippen molar-refractivity contribution in [3.8, 4) is 11.5 Å². The highest BCUT2D eigenvalue weighted by atomic mass is 32.2. The lowest BCUT2D eigenvalue weighted by Gasteiger charge is -2.32. The molecule has 2 aromatic carbocycles. The normalized spacial score (nSPS) is 13.5. The summed E-state index contributed by atoms with van der Waals surface area (Å²) in [6.07, 6.45) is 1.97. The van der Waals surface area contributed by atoms with Crippen LogP contribution in [0.15, 0.2) is 34.1 Å². The highest BCUT2D eigenvalue weighted by Crippen LogP contribution is 2.51. The first-order chi connectivity index (χ1) is 18.5. The average molecular weight is 603 g/mol. The molecule has 0 aliphatic heterocycles. The Labute approximate surface area is 261 Å². The van der Waals surface area contributed by atoms with Crippen LogP contribution in [-0.2, 0) is 26.4 Å². The van der Waals surface area contributed by atoms with Gasteiger partial charge in [-0.2, -0.15) is 0 Å². The summed E-state index contributed by atoms with van der Waals surface area (Å²) in [5, 5.41) is 11.2. The monoisotopic (exact) mass is 602 g/mol. The van der Waals surface area contributed by atoms with E-state index >= 15 is 0 Å². The molecule has 0 bridgehead atoms. The van der Waals surface area contributed by atoms with Gasteiger partial charge in [0.05, 0.1) is 10.7 Å². The smallest absolute Gasteiger partial charge is 0.126 e. The minimum atomic E-state index is -0.152. The lowest BCUT2D eigenvalue weighted by Crippen LogP contribution is -2.21. The van der Waals surface area contributed by atoms with Crippen molar-refractivity contribution in [2.24, 2.45) is 0 Å². The largest absolute Gasteiger partial charge is 0.507 e. The second-order valence-corrected chi connectivity index (χ2v) is 19.5. The molecule has 0 atom stereocenters. The first-order valence-electron chi connectivity index (χ1n) is 15.0. The minimum Gasteiger partial charge on any atom is -0.507 e. The molecule has 0 amide bonds. The zero-order valence-electron chi connectivity index (χ0n) is 28.7. The number of thioether (sulfide) groups is 2. The number of phenols is 1. The molecule has 0 saturated carbocycles. The van der Waals surface area contributed by atoms with E-state index in [1.165, 1.54) is 20.9 Å². The van der Waals surface area contributed by atoms with Gasteiger partial charge in [-0.25, -0.2) is 0 Å². The third-order valence-electron chi connectivity index (χ3n) is 7.09. The Kier molecular flexibility index (Phi) is 11.5. The molecular formula is C36H58O3S2. The molecule has 5 heteroatoms. The summed E-state index contributed by atoms with van der Waals surface area (Å²) >= 11 is 3.78. The average Bonchev–Trinajstić information content (AvgIpc) is 2.77. The summed E-state index contributed by atoms with van der Waals surface area (Å²) < 4.78 is 11.6. The summed E-state index contributed by atoms with van der Waals surface area (Å²) in [5.41, 5.74) is 4.10. The molecule has 0 aromatic heterocycles. The van der Waals surface area contributed by atoms with Crippen molar-refractivity contribution in [2.45, 2.75) is 145 Å². The molecule has 0 aliphatic rings. The second-order valence-electron chi connectivity index (χ2n) is 15.9. The van der Waals surface area contributed by atoms with Gasteiger partial charge in [-0.1, -0.05) is 83.1 Å². The predicted molar refractivity (Wildman–Crippen MR) is 182 cm³/mol. The predicted octanol–water partition coefficient (Wildman–Crippen LogP) is 11.0. The van der Waals surface area contributed by atoms with Crippen LogP contribution in [0.5, 0.6) is 11.5 Å². The second kappa shape index (κ2) is 13.1. The van der Waals surface area contributed by atoms with Crippen LogP contribution in [0.25, 0.3) is 0 Å². The molecule has 3 nitrogen and oxygen atoms in total.